The molecule has 6 nitrogen and oxygen atoms in total. The lowest BCUT2D eigenvalue weighted by molar-refractivity contribution is -0.385. The van der Waals surface area contributed by atoms with Crippen molar-refractivity contribution >= 4 is 24.0 Å². The van der Waals surface area contributed by atoms with E-state index in [9.17, 15) is 14.9 Å². The lowest BCUT2D eigenvalue weighted by atomic mass is 10.1. The largest absolute Gasteiger partial charge is 0.340 e. The molecule has 1 aromatic carbocycles. The number of carbonyl (C=O) groups is 1. The van der Waals surface area contributed by atoms with E-state index in [1.165, 1.54) is 12.1 Å². The second-order valence-electron chi connectivity index (χ2n) is 4.09. The van der Waals surface area contributed by atoms with Crippen molar-refractivity contribution in [2.45, 2.75) is 6.92 Å². The van der Waals surface area contributed by atoms with E-state index in [1.807, 2.05) is 7.05 Å². The summed E-state index contributed by atoms with van der Waals surface area (Å²) in [5.41, 5.74) is 0.994. The molecule has 0 heterocycles. The zero-order valence-electron chi connectivity index (χ0n) is 11.2. The Morgan fingerprint density at radius 2 is 2.11 bits per heavy atom. The second kappa shape index (κ2) is 7.70. The first kappa shape index (κ1) is 17.3. The van der Waals surface area contributed by atoms with Gasteiger partial charge in [0, 0.05) is 37.3 Å². The molecule has 0 unspecified atom stereocenters. The van der Waals surface area contributed by atoms with Gasteiger partial charge in [-0.1, -0.05) is 0 Å². The number of hydrogen-bond acceptors (Lipinski definition) is 4. The number of halogens is 1. The van der Waals surface area contributed by atoms with Crippen LogP contribution in [0.5, 0.6) is 0 Å². The van der Waals surface area contributed by atoms with Crippen LogP contribution in [0.3, 0.4) is 0 Å². The number of nitrogens with one attached hydrogen (secondary N) is 1. The van der Waals surface area contributed by atoms with Gasteiger partial charge in [-0.15, -0.1) is 12.4 Å². The Balaban J connectivity index is 0.00000324. The van der Waals surface area contributed by atoms with E-state index in [4.69, 9.17) is 0 Å². The molecule has 1 amide bonds. The summed E-state index contributed by atoms with van der Waals surface area (Å²) < 4.78 is 0. The molecule has 0 aromatic heterocycles. The van der Waals surface area contributed by atoms with E-state index >= 15 is 0 Å². The van der Waals surface area contributed by atoms with Crippen molar-refractivity contribution in [3.05, 3.63) is 39.4 Å². The summed E-state index contributed by atoms with van der Waals surface area (Å²) >= 11 is 0. The minimum atomic E-state index is -0.450. The third-order valence-corrected chi connectivity index (χ3v) is 2.68. The van der Waals surface area contributed by atoms with Crippen LogP contribution in [-0.2, 0) is 0 Å². The molecule has 0 aliphatic heterocycles. The fraction of sp³-hybridized carbons (Fsp3) is 0.417. The number of likely N-dealkylation sites (N-methyl/N-ethyl adjacent to an activating group) is 2. The monoisotopic (exact) mass is 287 g/mol. The van der Waals surface area contributed by atoms with E-state index in [0.717, 1.165) is 0 Å². The van der Waals surface area contributed by atoms with Crippen LogP contribution in [0.4, 0.5) is 5.69 Å². The Hall–Kier alpha value is -1.66. The highest BCUT2D eigenvalue weighted by Gasteiger charge is 2.16. The first-order valence-corrected chi connectivity index (χ1v) is 5.62. The molecule has 0 aliphatic carbocycles. The Morgan fingerprint density at radius 3 is 2.58 bits per heavy atom. The maximum atomic E-state index is 12.0. The maximum absolute atomic E-state index is 12.0. The van der Waals surface area contributed by atoms with Crippen LogP contribution < -0.4 is 5.32 Å². The molecule has 0 saturated heterocycles. The summed E-state index contributed by atoms with van der Waals surface area (Å²) in [7, 11) is 3.52. The normalized spacial score (nSPS) is 9.63. The van der Waals surface area contributed by atoms with Gasteiger partial charge in [0.25, 0.3) is 11.6 Å². The zero-order valence-corrected chi connectivity index (χ0v) is 12.0. The third-order valence-electron chi connectivity index (χ3n) is 2.68. The van der Waals surface area contributed by atoms with E-state index < -0.39 is 4.92 Å². The van der Waals surface area contributed by atoms with Gasteiger partial charge in [-0.2, -0.15) is 0 Å². The minimum Gasteiger partial charge on any atom is -0.340 e. The fourth-order valence-corrected chi connectivity index (χ4v) is 1.59. The van der Waals surface area contributed by atoms with Crippen LogP contribution in [0.15, 0.2) is 18.2 Å². The molecule has 1 aromatic rings. The van der Waals surface area contributed by atoms with E-state index in [2.05, 4.69) is 5.32 Å². The molecule has 7 heteroatoms. The van der Waals surface area contributed by atoms with Gasteiger partial charge in [0.1, 0.15) is 0 Å². The van der Waals surface area contributed by atoms with Crippen molar-refractivity contribution in [2.24, 2.45) is 0 Å². The first-order chi connectivity index (χ1) is 8.47. The summed E-state index contributed by atoms with van der Waals surface area (Å²) in [4.78, 5) is 23.8. The van der Waals surface area contributed by atoms with Gasteiger partial charge >= 0.3 is 0 Å². The van der Waals surface area contributed by atoms with Crippen LogP contribution in [0.25, 0.3) is 0 Å². The van der Waals surface area contributed by atoms with E-state index in [0.29, 0.717) is 24.2 Å². The first-order valence-electron chi connectivity index (χ1n) is 5.62. The summed E-state index contributed by atoms with van der Waals surface area (Å²) in [6.45, 7) is 2.92. The van der Waals surface area contributed by atoms with Crippen molar-refractivity contribution in [1.82, 2.24) is 10.2 Å². The number of benzene rings is 1. The fourth-order valence-electron chi connectivity index (χ4n) is 1.59. The number of nitrogens with zero attached hydrogens (tertiary/aromatic N) is 2. The molecule has 0 aliphatic rings. The van der Waals surface area contributed by atoms with E-state index in [-0.39, 0.29) is 24.0 Å². The lowest BCUT2D eigenvalue weighted by Crippen LogP contribution is -2.32. The number of nitro groups is 1. The predicted molar refractivity (Wildman–Crippen MR) is 76.0 cm³/mol. The Kier molecular flexibility index (Phi) is 7.03. The maximum Gasteiger partial charge on any atom is 0.272 e. The molecule has 0 spiro atoms. The van der Waals surface area contributed by atoms with Crippen molar-refractivity contribution in [1.29, 1.82) is 0 Å². The lowest BCUT2D eigenvalue weighted by Gasteiger charge is -2.17. The summed E-state index contributed by atoms with van der Waals surface area (Å²) in [6.07, 6.45) is 0. The highest BCUT2D eigenvalue weighted by molar-refractivity contribution is 5.94. The van der Waals surface area contributed by atoms with Gasteiger partial charge in [-0.25, -0.2) is 0 Å². The number of rotatable bonds is 5. The Labute approximate surface area is 118 Å². The molecule has 0 atom stereocenters. The molecule has 1 rings (SSSR count). The summed E-state index contributed by atoms with van der Waals surface area (Å²) in [5, 5.41) is 13.6. The summed E-state index contributed by atoms with van der Waals surface area (Å²) in [6, 6.07) is 4.41. The van der Waals surface area contributed by atoms with Crippen LogP contribution in [-0.4, -0.2) is 42.9 Å². The molecule has 0 bridgehead atoms. The molecular formula is C12H18ClN3O3. The molecule has 0 radical (unpaired) electrons. The number of nitro benzene ring substituents is 1. The smallest absolute Gasteiger partial charge is 0.272 e. The number of amides is 1. The van der Waals surface area contributed by atoms with Crippen LogP contribution in [0.2, 0.25) is 0 Å². The highest BCUT2D eigenvalue weighted by atomic mass is 35.5. The van der Waals surface area contributed by atoms with Gasteiger partial charge in [0.05, 0.1) is 4.92 Å². The summed E-state index contributed by atoms with van der Waals surface area (Å²) in [5.74, 6) is -0.136. The number of aryl methyl sites for hydroxylation is 1. The Bertz CT molecular complexity index is 466. The second-order valence-corrected chi connectivity index (χ2v) is 4.09. The van der Waals surface area contributed by atoms with Gasteiger partial charge in [0.15, 0.2) is 0 Å². The average Bonchev–Trinajstić information content (AvgIpc) is 2.34. The third kappa shape index (κ3) is 4.50. The van der Waals surface area contributed by atoms with Crippen molar-refractivity contribution in [2.75, 3.05) is 27.2 Å². The quantitative estimate of drug-likeness (QED) is 0.659. The zero-order chi connectivity index (χ0) is 13.7. The van der Waals surface area contributed by atoms with Crippen LogP contribution in [0.1, 0.15) is 15.9 Å². The van der Waals surface area contributed by atoms with Crippen molar-refractivity contribution in [3.8, 4) is 0 Å². The van der Waals surface area contributed by atoms with Crippen molar-refractivity contribution in [3.63, 3.8) is 0 Å². The molecule has 0 saturated carbocycles. The molecule has 19 heavy (non-hydrogen) atoms. The molecule has 0 fully saturated rings. The highest BCUT2D eigenvalue weighted by Crippen LogP contribution is 2.19. The van der Waals surface area contributed by atoms with E-state index in [1.54, 1.807) is 24.9 Å². The predicted octanol–water partition coefficient (Wildman–Crippen LogP) is 1.62. The van der Waals surface area contributed by atoms with Crippen molar-refractivity contribution < 1.29 is 9.72 Å². The SMILES string of the molecule is CNCCN(C)C(=O)c1ccc([N+](=O)[O-])c(C)c1.Cl. The topological polar surface area (TPSA) is 75.5 Å². The van der Waals surface area contributed by atoms with Crippen LogP contribution >= 0.6 is 12.4 Å². The van der Waals surface area contributed by atoms with Gasteiger partial charge in [-0.3, -0.25) is 14.9 Å². The molecule has 1 N–H and O–H groups in total. The number of carbonyl (C=O) groups excluding carboxylic acids is 1. The van der Waals surface area contributed by atoms with Gasteiger partial charge in [-0.05, 0) is 26.1 Å². The standard InChI is InChI=1S/C12H17N3O3.ClH/c1-9-8-10(4-5-11(9)15(17)18)12(16)14(3)7-6-13-2;/h4-5,8,13H,6-7H2,1-3H3;1H. The Morgan fingerprint density at radius 1 is 1.47 bits per heavy atom. The minimum absolute atomic E-state index is 0. The molecular weight excluding hydrogens is 270 g/mol. The number of hydrogen-bond donors (Lipinski definition) is 1. The van der Waals surface area contributed by atoms with Gasteiger partial charge < -0.3 is 10.2 Å². The van der Waals surface area contributed by atoms with Gasteiger partial charge in [0.2, 0.25) is 0 Å². The van der Waals surface area contributed by atoms with Crippen LogP contribution in [0, 0.1) is 17.0 Å². The molecule has 106 valence electrons. The average molecular weight is 288 g/mol.